The van der Waals surface area contributed by atoms with Crippen molar-refractivity contribution >= 4 is 17.3 Å². The fourth-order valence-electron chi connectivity index (χ4n) is 1.93. The summed E-state index contributed by atoms with van der Waals surface area (Å²) in [6.07, 6.45) is 1.01. The van der Waals surface area contributed by atoms with E-state index in [-0.39, 0.29) is 5.97 Å². The van der Waals surface area contributed by atoms with E-state index < -0.39 is 0 Å². The van der Waals surface area contributed by atoms with Crippen molar-refractivity contribution in [2.75, 3.05) is 7.11 Å². The number of rotatable bonds is 4. The monoisotopic (exact) mass is 275 g/mol. The van der Waals surface area contributed by atoms with Crippen LogP contribution in [0.2, 0.25) is 0 Å². The third-order valence-corrected chi connectivity index (χ3v) is 3.90. The van der Waals surface area contributed by atoms with E-state index in [1.165, 1.54) is 23.8 Å². The van der Waals surface area contributed by atoms with Gasteiger partial charge in [0.15, 0.2) is 0 Å². The molecular weight excluding hydrogens is 258 g/mol. The minimum atomic E-state index is -0.193. The van der Waals surface area contributed by atoms with Crippen molar-refractivity contribution in [2.45, 2.75) is 26.7 Å². The van der Waals surface area contributed by atoms with Gasteiger partial charge in [-0.3, -0.25) is 4.79 Å². The molecule has 0 saturated heterocycles. The van der Waals surface area contributed by atoms with Gasteiger partial charge in [-0.05, 0) is 19.4 Å². The number of esters is 1. The third kappa shape index (κ3) is 3.41. The summed E-state index contributed by atoms with van der Waals surface area (Å²) in [5.41, 5.74) is 4.60. The Morgan fingerprint density at radius 3 is 2.84 bits per heavy atom. The van der Waals surface area contributed by atoms with E-state index in [4.69, 9.17) is 0 Å². The van der Waals surface area contributed by atoms with Crippen molar-refractivity contribution in [3.8, 4) is 10.6 Å². The molecule has 0 aliphatic rings. The van der Waals surface area contributed by atoms with Gasteiger partial charge in [0.2, 0.25) is 0 Å². The Kier molecular flexibility index (Phi) is 4.32. The normalized spacial score (nSPS) is 10.5. The molecule has 0 fully saturated rings. The third-order valence-electron chi connectivity index (χ3n) is 2.98. The first-order valence-electron chi connectivity index (χ1n) is 6.19. The van der Waals surface area contributed by atoms with Crippen LogP contribution in [-0.2, 0) is 16.0 Å². The van der Waals surface area contributed by atoms with Crippen LogP contribution in [0.3, 0.4) is 0 Å². The Bertz CT molecular complexity index is 590. The van der Waals surface area contributed by atoms with Gasteiger partial charge < -0.3 is 4.74 Å². The summed E-state index contributed by atoms with van der Waals surface area (Å²) in [7, 11) is 1.41. The van der Waals surface area contributed by atoms with Gasteiger partial charge in [-0.25, -0.2) is 4.98 Å². The molecule has 0 aliphatic heterocycles. The van der Waals surface area contributed by atoms with E-state index in [1.54, 1.807) is 11.3 Å². The smallest absolute Gasteiger partial charge is 0.305 e. The van der Waals surface area contributed by atoms with Crippen LogP contribution < -0.4 is 0 Å². The van der Waals surface area contributed by atoms with E-state index in [0.717, 1.165) is 10.7 Å². The van der Waals surface area contributed by atoms with Crippen LogP contribution in [-0.4, -0.2) is 18.1 Å². The van der Waals surface area contributed by atoms with Gasteiger partial charge in [-0.2, -0.15) is 0 Å². The molecule has 0 radical (unpaired) electrons. The van der Waals surface area contributed by atoms with E-state index in [1.807, 2.05) is 5.38 Å². The predicted molar refractivity (Wildman–Crippen MR) is 77.4 cm³/mol. The van der Waals surface area contributed by atoms with E-state index in [9.17, 15) is 4.79 Å². The number of thiazole rings is 1. The molecule has 0 aliphatic carbocycles. The summed E-state index contributed by atoms with van der Waals surface area (Å²) in [5, 5.41) is 3.02. The van der Waals surface area contributed by atoms with Crippen molar-refractivity contribution in [1.29, 1.82) is 0 Å². The summed E-state index contributed by atoms with van der Waals surface area (Å²) in [5.74, 6) is -0.193. The second-order valence-corrected chi connectivity index (χ2v) is 5.40. The number of hydrogen-bond acceptors (Lipinski definition) is 4. The minimum Gasteiger partial charge on any atom is -0.469 e. The van der Waals surface area contributed by atoms with Gasteiger partial charge in [0.05, 0.1) is 19.2 Å². The zero-order chi connectivity index (χ0) is 13.8. The lowest BCUT2D eigenvalue weighted by molar-refractivity contribution is -0.140. The Labute approximate surface area is 117 Å². The van der Waals surface area contributed by atoms with Gasteiger partial charge in [-0.15, -0.1) is 11.3 Å². The Morgan fingerprint density at radius 2 is 2.16 bits per heavy atom. The van der Waals surface area contributed by atoms with Crippen LogP contribution in [0.4, 0.5) is 0 Å². The highest BCUT2D eigenvalue weighted by atomic mass is 32.1. The SMILES string of the molecule is COC(=O)CCc1csc(-c2ccc(C)cc2C)n1. The molecule has 0 unspecified atom stereocenters. The van der Waals surface area contributed by atoms with Gasteiger partial charge in [-0.1, -0.05) is 23.8 Å². The molecule has 2 rings (SSSR count). The maximum Gasteiger partial charge on any atom is 0.305 e. The van der Waals surface area contributed by atoms with Crippen molar-refractivity contribution in [3.05, 3.63) is 40.4 Å². The molecule has 3 nitrogen and oxygen atoms in total. The number of benzene rings is 1. The number of nitrogens with zero attached hydrogens (tertiary/aromatic N) is 1. The molecule has 100 valence electrons. The first kappa shape index (κ1) is 13.7. The van der Waals surface area contributed by atoms with Crippen LogP contribution in [0.25, 0.3) is 10.6 Å². The first-order valence-corrected chi connectivity index (χ1v) is 7.07. The molecular formula is C15H17NO2S. The Hall–Kier alpha value is -1.68. The Morgan fingerprint density at radius 1 is 1.37 bits per heavy atom. The molecule has 0 bridgehead atoms. The summed E-state index contributed by atoms with van der Waals surface area (Å²) >= 11 is 1.62. The molecule has 0 saturated carbocycles. The van der Waals surface area contributed by atoms with Crippen LogP contribution in [0.15, 0.2) is 23.6 Å². The number of ether oxygens (including phenoxy) is 1. The van der Waals surface area contributed by atoms with E-state index >= 15 is 0 Å². The Balaban J connectivity index is 2.14. The number of methoxy groups -OCH3 is 1. The van der Waals surface area contributed by atoms with Gasteiger partial charge in [0.25, 0.3) is 0 Å². The van der Waals surface area contributed by atoms with Crippen LogP contribution in [0.1, 0.15) is 23.2 Å². The quantitative estimate of drug-likeness (QED) is 0.801. The maximum absolute atomic E-state index is 11.1. The van der Waals surface area contributed by atoms with Gasteiger partial charge in [0.1, 0.15) is 5.01 Å². The van der Waals surface area contributed by atoms with Gasteiger partial charge in [0, 0.05) is 17.4 Å². The van der Waals surface area contributed by atoms with Crippen molar-refractivity contribution in [2.24, 2.45) is 0 Å². The molecule has 1 heterocycles. The van der Waals surface area contributed by atoms with Crippen molar-refractivity contribution in [1.82, 2.24) is 4.98 Å². The number of carbonyl (C=O) groups is 1. The fraction of sp³-hybridized carbons (Fsp3) is 0.333. The predicted octanol–water partition coefficient (Wildman–Crippen LogP) is 3.53. The first-order chi connectivity index (χ1) is 9.10. The zero-order valence-electron chi connectivity index (χ0n) is 11.4. The fourth-order valence-corrected chi connectivity index (χ4v) is 2.88. The lowest BCUT2D eigenvalue weighted by Gasteiger charge is -2.03. The summed E-state index contributed by atoms with van der Waals surface area (Å²) in [6, 6.07) is 6.36. The van der Waals surface area contributed by atoms with Crippen molar-refractivity contribution < 1.29 is 9.53 Å². The van der Waals surface area contributed by atoms with Gasteiger partial charge >= 0.3 is 5.97 Å². The average molecular weight is 275 g/mol. The lowest BCUT2D eigenvalue weighted by Crippen LogP contribution is -2.01. The topological polar surface area (TPSA) is 39.2 Å². The van der Waals surface area contributed by atoms with Crippen LogP contribution in [0, 0.1) is 13.8 Å². The lowest BCUT2D eigenvalue weighted by atomic mass is 10.1. The van der Waals surface area contributed by atoms with E-state index in [0.29, 0.717) is 12.8 Å². The summed E-state index contributed by atoms with van der Waals surface area (Å²) in [6.45, 7) is 4.18. The summed E-state index contributed by atoms with van der Waals surface area (Å²) < 4.78 is 4.63. The molecule has 0 atom stereocenters. The number of aromatic nitrogens is 1. The van der Waals surface area contributed by atoms with Crippen LogP contribution >= 0.6 is 11.3 Å². The highest BCUT2D eigenvalue weighted by molar-refractivity contribution is 7.13. The number of hydrogen-bond donors (Lipinski definition) is 0. The second-order valence-electron chi connectivity index (χ2n) is 4.54. The highest BCUT2D eigenvalue weighted by Crippen LogP contribution is 2.27. The standard InChI is InChI=1S/C15H17NO2S/c1-10-4-6-13(11(2)8-10)15-16-12(9-19-15)5-7-14(17)18-3/h4,6,8-9H,5,7H2,1-3H3. The zero-order valence-corrected chi connectivity index (χ0v) is 12.2. The average Bonchev–Trinajstić information content (AvgIpc) is 2.84. The maximum atomic E-state index is 11.1. The second kappa shape index (κ2) is 5.97. The molecule has 1 aromatic carbocycles. The highest BCUT2D eigenvalue weighted by Gasteiger charge is 2.09. The molecule has 0 spiro atoms. The van der Waals surface area contributed by atoms with Crippen molar-refractivity contribution in [3.63, 3.8) is 0 Å². The molecule has 0 amide bonds. The molecule has 1 aromatic heterocycles. The minimum absolute atomic E-state index is 0.193. The number of carbonyl (C=O) groups excluding carboxylic acids is 1. The number of aryl methyl sites for hydroxylation is 3. The largest absolute Gasteiger partial charge is 0.469 e. The molecule has 4 heteroatoms. The van der Waals surface area contributed by atoms with Crippen LogP contribution in [0.5, 0.6) is 0 Å². The molecule has 2 aromatic rings. The molecule has 0 N–H and O–H groups in total. The van der Waals surface area contributed by atoms with E-state index in [2.05, 4.69) is 41.8 Å². The molecule has 19 heavy (non-hydrogen) atoms. The summed E-state index contributed by atoms with van der Waals surface area (Å²) in [4.78, 5) is 15.7.